The van der Waals surface area contributed by atoms with E-state index < -0.39 is 0 Å². The van der Waals surface area contributed by atoms with Crippen molar-refractivity contribution in [1.82, 2.24) is 20.0 Å². The maximum absolute atomic E-state index is 12.3. The van der Waals surface area contributed by atoms with Gasteiger partial charge in [0.2, 0.25) is 0 Å². The first kappa shape index (κ1) is 13.1. The van der Waals surface area contributed by atoms with Gasteiger partial charge in [0.1, 0.15) is 11.5 Å². The van der Waals surface area contributed by atoms with Crippen LogP contribution >= 0.6 is 0 Å². The Morgan fingerprint density at radius 1 is 1.47 bits per heavy atom. The molecule has 0 aliphatic carbocycles. The maximum Gasteiger partial charge on any atom is 0.277 e. The van der Waals surface area contributed by atoms with Crippen LogP contribution in [0, 0.1) is 0 Å². The zero-order valence-electron chi connectivity index (χ0n) is 11.3. The number of anilines is 2. The second kappa shape index (κ2) is 5.13. The van der Waals surface area contributed by atoms with Crippen molar-refractivity contribution in [3.63, 3.8) is 0 Å². The van der Waals surface area contributed by atoms with Gasteiger partial charge in [0.25, 0.3) is 5.91 Å². The molecule has 2 rings (SSSR count). The Hall–Kier alpha value is -2.31. The third-order valence-corrected chi connectivity index (χ3v) is 3.05. The quantitative estimate of drug-likeness (QED) is 0.767. The van der Waals surface area contributed by atoms with Gasteiger partial charge in [-0.25, -0.2) is 0 Å². The fraction of sp³-hybridized carbons (Fsp3) is 0.417. The molecule has 0 aliphatic rings. The summed E-state index contributed by atoms with van der Waals surface area (Å²) in [7, 11) is 1.71. The SMILES string of the molecule is CCc1cn[nH]c1NC(=O)c1c(N)c(CC)nn1C. The molecule has 4 N–H and O–H groups in total. The van der Waals surface area contributed by atoms with E-state index in [1.807, 2.05) is 13.8 Å². The molecule has 7 nitrogen and oxygen atoms in total. The number of amides is 1. The van der Waals surface area contributed by atoms with Gasteiger partial charge in [-0.2, -0.15) is 10.2 Å². The van der Waals surface area contributed by atoms with Crippen molar-refractivity contribution in [1.29, 1.82) is 0 Å². The number of hydrogen-bond acceptors (Lipinski definition) is 4. The molecule has 0 radical (unpaired) electrons. The molecule has 0 spiro atoms. The number of nitrogens with two attached hydrogens (primary N) is 1. The van der Waals surface area contributed by atoms with Crippen LogP contribution in [0.4, 0.5) is 11.5 Å². The van der Waals surface area contributed by atoms with Gasteiger partial charge in [-0.3, -0.25) is 14.6 Å². The first-order valence-corrected chi connectivity index (χ1v) is 6.23. The van der Waals surface area contributed by atoms with Crippen LogP contribution in [0.2, 0.25) is 0 Å². The fourth-order valence-corrected chi connectivity index (χ4v) is 1.99. The summed E-state index contributed by atoms with van der Waals surface area (Å²) < 4.78 is 1.51. The van der Waals surface area contributed by atoms with E-state index in [0.717, 1.165) is 17.7 Å². The molecule has 2 aromatic heterocycles. The lowest BCUT2D eigenvalue weighted by Gasteiger charge is -2.05. The molecule has 0 aromatic carbocycles. The lowest BCUT2D eigenvalue weighted by atomic mass is 10.2. The van der Waals surface area contributed by atoms with Crippen molar-refractivity contribution < 1.29 is 4.79 Å². The molecule has 1 amide bonds. The number of aromatic amines is 1. The third kappa shape index (κ3) is 2.31. The Morgan fingerprint density at radius 2 is 2.21 bits per heavy atom. The lowest BCUT2D eigenvalue weighted by molar-refractivity contribution is 0.101. The monoisotopic (exact) mass is 262 g/mol. The lowest BCUT2D eigenvalue weighted by Crippen LogP contribution is -2.18. The minimum absolute atomic E-state index is 0.286. The van der Waals surface area contributed by atoms with Crippen molar-refractivity contribution in [3.05, 3.63) is 23.1 Å². The molecular weight excluding hydrogens is 244 g/mol. The number of rotatable bonds is 4. The van der Waals surface area contributed by atoms with Gasteiger partial charge in [-0.1, -0.05) is 13.8 Å². The summed E-state index contributed by atoms with van der Waals surface area (Å²) in [4.78, 5) is 12.3. The van der Waals surface area contributed by atoms with Crippen LogP contribution in [0.1, 0.15) is 35.6 Å². The molecule has 0 bridgehead atoms. The number of carbonyl (C=O) groups is 1. The average Bonchev–Trinajstić information content (AvgIpc) is 2.93. The highest BCUT2D eigenvalue weighted by Gasteiger charge is 2.20. The first-order chi connectivity index (χ1) is 9.08. The van der Waals surface area contributed by atoms with E-state index in [0.29, 0.717) is 23.6 Å². The molecule has 0 fully saturated rings. The number of hydrogen-bond donors (Lipinski definition) is 3. The molecule has 7 heteroatoms. The average molecular weight is 262 g/mol. The summed E-state index contributed by atoms with van der Waals surface area (Å²) >= 11 is 0. The molecule has 2 heterocycles. The number of H-pyrrole nitrogens is 1. The Balaban J connectivity index is 2.28. The number of nitrogens with one attached hydrogen (secondary N) is 2. The first-order valence-electron chi connectivity index (χ1n) is 6.23. The summed E-state index contributed by atoms with van der Waals surface area (Å²) in [6.07, 6.45) is 3.17. The molecule has 0 atom stereocenters. The van der Waals surface area contributed by atoms with E-state index in [-0.39, 0.29) is 5.91 Å². The second-order valence-corrected chi connectivity index (χ2v) is 4.26. The van der Waals surface area contributed by atoms with Gasteiger partial charge in [-0.05, 0) is 12.8 Å². The smallest absolute Gasteiger partial charge is 0.277 e. The topological polar surface area (TPSA) is 102 Å². The zero-order valence-corrected chi connectivity index (χ0v) is 11.3. The van der Waals surface area contributed by atoms with Crippen molar-refractivity contribution >= 4 is 17.4 Å². The van der Waals surface area contributed by atoms with E-state index in [2.05, 4.69) is 20.6 Å². The van der Waals surface area contributed by atoms with Gasteiger partial charge in [0.05, 0.1) is 17.6 Å². The summed E-state index contributed by atoms with van der Waals surface area (Å²) in [5.41, 5.74) is 8.42. The van der Waals surface area contributed by atoms with Crippen molar-refractivity contribution in [2.24, 2.45) is 7.05 Å². The highest BCUT2D eigenvalue weighted by atomic mass is 16.2. The van der Waals surface area contributed by atoms with Gasteiger partial charge in [0, 0.05) is 12.6 Å². The Bertz CT molecular complexity index is 597. The van der Waals surface area contributed by atoms with Crippen LogP contribution < -0.4 is 11.1 Å². The standard InChI is InChI=1S/C12H18N6O/c1-4-7-6-14-16-11(7)15-12(19)10-9(13)8(5-2)17-18(10)3/h6H,4-5,13H2,1-3H3,(H2,14,15,16,19). The summed E-state index contributed by atoms with van der Waals surface area (Å²) in [6, 6.07) is 0. The summed E-state index contributed by atoms with van der Waals surface area (Å²) in [5.74, 6) is 0.317. The summed E-state index contributed by atoms with van der Waals surface area (Å²) in [6.45, 7) is 3.94. The van der Waals surface area contributed by atoms with E-state index in [1.165, 1.54) is 4.68 Å². The molecule has 0 unspecified atom stereocenters. The third-order valence-electron chi connectivity index (χ3n) is 3.05. The van der Waals surface area contributed by atoms with Crippen LogP contribution in [0.15, 0.2) is 6.20 Å². The Labute approximate surface area is 111 Å². The predicted molar refractivity (Wildman–Crippen MR) is 72.9 cm³/mol. The van der Waals surface area contributed by atoms with Crippen LogP contribution in [0.25, 0.3) is 0 Å². The fourth-order valence-electron chi connectivity index (χ4n) is 1.99. The van der Waals surface area contributed by atoms with Crippen molar-refractivity contribution in [2.75, 3.05) is 11.1 Å². The number of aryl methyl sites for hydroxylation is 3. The van der Waals surface area contributed by atoms with Crippen LogP contribution in [-0.2, 0) is 19.9 Å². The number of carbonyl (C=O) groups excluding carboxylic acids is 1. The molecule has 19 heavy (non-hydrogen) atoms. The van der Waals surface area contributed by atoms with Gasteiger partial charge in [-0.15, -0.1) is 0 Å². The minimum Gasteiger partial charge on any atom is -0.395 e. The van der Waals surface area contributed by atoms with Gasteiger partial charge >= 0.3 is 0 Å². The highest BCUT2D eigenvalue weighted by molar-refractivity contribution is 6.06. The largest absolute Gasteiger partial charge is 0.395 e. The highest BCUT2D eigenvalue weighted by Crippen LogP contribution is 2.19. The van der Waals surface area contributed by atoms with E-state index in [9.17, 15) is 4.79 Å². The predicted octanol–water partition coefficient (Wildman–Crippen LogP) is 1.10. The zero-order chi connectivity index (χ0) is 14.0. The number of nitrogen functional groups attached to an aromatic ring is 1. The Kier molecular flexibility index (Phi) is 3.55. The maximum atomic E-state index is 12.3. The molecule has 0 aliphatic heterocycles. The van der Waals surface area contributed by atoms with E-state index >= 15 is 0 Å². The number of nitrogens with zero attached hydrogens (tertiary/aromatic N) is 3. The molecule has 2 aromatic rings. The molecule has 102 valence electrons. The van der Waals surface area contributed by atoms with Crippen molar-refractivity contribution in [3.8, 4) is 0 Å². The molecular formula is C12H18N6O. The van der Waals surface area contributed by atoms with Crippen molar-refractivity contribution in [2.45, 2.75) is 26.7 Å². The second-order valence-electron chi connectivity index (χ2n) is 4.26. The van der Waals surface area contributed by atoms with Crippen LogP contribution in [0.3, 0.4) is 0 Å². The van der Waals surface area contributed by atoms with Gasteiger partial charge in [0.15, 0.2) is 0 Å². The molecule has 0 saturated heterocycles. The van der Waals surface area contributed by atoms with E-state index in [1.54, 1.807) is 13.2 Å². The van der Waals surface area contributed by atoms with Gasteiger partial charge < -0.3 is 11.1 Å². The van der Waals surface area contributed by atoms with Crippen LogP contribution in [0.5, 0.6) is 0 Å². The molecule has 0 saturated carbocycles. The number of aromatic nitrogens is 4. The Morgan fingerprint density at radius 3 is 2.79 bits per heavy atom. The minimum atomic E-state index is -0.286. The van der Waals surface area contributed by atoms with E-state index in [4.69, 9.17) is 5.73 Å². The summed E-state index contributed by atoms with van der Waals surface area (Å²) in [5, 5.41) is 13.7. The van der Waals surface area contributed by atoms with Crippen LogP contribution in [-0.4, -0.2) is 25.9 Å². The normalized spacial score (nSPS) is 10.7.